The average Bonchev–Trinajstić information content (AvgIpc) is 2.96. The van der Waals surface area contributed by atoms with Gasteiger partial charge in [-0.25, -0.2) is 4.79 Å². The van der Waals surface area contributed by atoms with Crippen LogP contribution in [-0.4, -0.2) is 71.5 Å². The van der Waals surface area contributed by atoms with Gasteiger partial charge in [-0.2, -0.15) is 0 Å². The number of carbonyl (C=O) groups excluding carboxylic acids is 1. The van der Waals surface area contributed by atoms with Crippen molar-refractivity contribution in [2.45, 2.75) is 76.7 Å². The number of rotatable bonds is 5. The fraction of sp³-hybridized carbons (Fsp3) is 0.933. The van der Waals surface area contributed by atoms with Crippen molar-refractivity contribution in [1.29, 1.82) is 0 Å². The van der Waals surface area contributed by atoms with Crippen LogP contribution >= 0.6 is 0 Å². The zero-order valence-corrected chi connectivity index (χ0v) is 14.1. The molecule has 0 aromatic heterocycles. The molecule has 2 saturated heterocycles. The summed E-state index contributed by atoms with van der Waals surface area (Å²) in [5.74, 6) is -2.66. The molecule has 0 aliphatic carbocycles. The van der Waals surface area contributed by atoms with Gasteiger partial charge in [0.15, 0.2) is 17.7 Å². The molecule has 0 saturated carbocycles. The van der Waals surface area contributed by atoms with Crippen LogP contribution in [0, 0.1) is 0 Å². The number of aliphatic hydroxyl groups is 2. The van der Waals surface area contributed by atoms with Crippen LogP contribution < -0.4 is 0 Å². The van der Waals surface area contributed by atoms with Crippen molar-refractivity contribution in [2.75, 3.05) is 13.2 Å². The highest BCUT2D eigenvalue weighted by Crippen LogP contribution is 2.37. The van der Waals surface area contributed by atoms with Gasteiger partial charge in [0, 0.05) is 0 Å². The number of aliphatic hydroxyl groups excluding tert-OH is 2. The molecule has 2 aliphatic rings. The van der Waals surface area contributed by atoms with E-state index < -0.39 is 48.1 Å². The minimum atomic E-state index is -1.73. The number of hydrogen-bond donors (Lipinski definition) is 2. The Bertz CT molecular complexity index is 435. The van der Waals surface area contributed by atoms with E-state index in [1.54, 1.807) is 34.6 Å². The largest absolute Gasteiger partial charge is 0.464 e. The van der Waals surface area contributed by atoms with Crippen molar-refractivity contribution in [1.82, 2.24) is 0 Å². The SMILES string of the molecule is CCOC(=O)[C@H](O)[C@@H](O)[C@H]1OC(C)(C)O[C@@H]1[C@H]1COC(C)(C)O1. The molecule has 0 aromatic carbocycles. The molecule has 2 N–H and O–H groups in total. The quantitative estimate of drug-likeness (QED) is 0.674. The maximum absolute atomic E-state index is 11.6. The van der Waals surface area contributed by atoms with Crippen LogP contribution in [0.5, 0.6) is 0 Å². The Labute approximate surface area is 135 Å². The van der Waals surface area contributed by atoms with Crippen LogP contribution in [0.3, 0.4) is 0 Å². The second-order valence-corrected chi connectivity index (χ2v) is 6.62. The van der Waals surface area contributed by atoms with Crippen molar-refractivity contribution >= 4 is 5.97 Å². The molecule has 134 valence electrons. The highest BCUT2D eigenvalue weighted by molar-refractivity contribution is 5.75. The van der Waals surface area contributed by atoms with Gasteiger partial charge >= 0.3 is 5.97 Å². The van der Waals surface area contributed by atoms with Crippen LogP contribution in [0.25, 0.3) is 0 Å². The van der Waals surface area contributed by atoms with Gasteiger partial charge in [0.1, 0.15) is 24.4 Å². The van der Waals surface area contributed by atoms with Crippen LogP contribution in [0.15, 0.2) is 0 Å². The number of hydrogen-bond acceptors (Lipinski definition) is 8. The standard InChI is InChI=1S/C15H26O8/c1-6-19-13(18)10(17)9(16)12-11(22-15(4,5)23-12)8-7-20-14(2,3)21-8/h8-12,16-17H,6-7H2,1-5H3/t8-,9-,10-,11-,12-/m1/s1. The first kappa shape index (κ1) is 18.6. The lowest BCUT2D eigenvalue weighted by atomic mass is 9.99. The molecule has 2 heterocycles. The fourth-order valence-corrected chi connectivity index (χ4v) is 2.79. The summed E-state index contributed by atoms with van der Waals surface area (Å²) in [6, 6.07) is 0. The van der Waals surface area contributed by atoms with Crippen LogP contribution in [0.4, 0.5) is 0 Å². The third-order valence-electron chi connectivity index (χ3n) is 3.75. The zero-order valence-electron chi connectivity index (χ0n) is 14.1. The predicted molar refractivity (Wildman–Crippen MR) is 77.4 cm³/mol. The van der Waals surface area contributed by atoms with Crippen molar-refractivity contribution in [3.05, 3.63) is 0 Å². The third-order valence-corrected chi connectivity index (χ3v) is 3.75. The summed E-state index contributed by atoms with van der Waals surface area (Å²) < 4.78 is 27.5. The van der Waals surface area contributed by atoms with Gasteiger partial charge in [-0.3, -0.25) is 0 Å². The van der Waals surface area contributed by atoms with E-state index in [1.807, 2.05) is 0 Å². The van der Waals surface area contributed by atoms with E-state index in [9.17, 15) is 15.0 Å². The highest BCUT2D eigenvalue weighted by atomic mass is 16.8. The number of carbonyl (C=O) groups is 1. The Kier molecular flexibility index (Phi) is 5.34. The molecule has 23 heavy (non-hydrogen) atoms. The second-order valence-electron chi connectivity index (χ2n) is 6.62. The third kappa shape index (κ3) is 4.20. The molecule has 0 radical (unpaired) electrons. The van der Waals surface area contributed by atoms with E-state index in [4.69, 9.17) is 23.7 Å². The summed E-state index contributed by atoms with van der Waals surface area (Å²) in [5, 5.41) is 20.3. The summed E-state index contributed by atoms with van der Waals surface area (Å²) in [6.07, 6.45) is -5.36. The molecule has 2 fully saturated rings. The van der Waals surface area contributed by atoms with Gasteiger partial charge < -0.3 is 33.9 Å². The van der Waals surface area contributed by atoms with E-state index in [0.717, 1.165) is 0 Å². The van der Waals surface area contributed by atoms with Crippen LogP contribution in [0.1, 0.15) is 34.6 Å². The monoisotopic (exact) mass is 334 g/mol. The molecule has 2 rings (SSSR count). The predicted octanol–water partition coefficient (Wildman–Crippen LogP) is -0.0571. The van der Waals surface area contributed by atoms with Crippen molar-refractivity contribution in [3.8, 4) is 0 Å². The van der Waals surface area contributed by atoms with Gasteiger partial charge in [0.05, 0.1) is 13.2 Å². The Morgan fingerprint density at radius 1 is 1.17 bits per heavy atom. The van der Waals surface area contributed by atoms with Gasteiger partial charge in [-0.1, -0.05) is 0 Å². The Hall–Kier alpha value is -0.770. The lowest BCUT2D eigenvalue weighted by Crippen LogP contribution is -2.50. The first-order valence-electron chi connectivity index (χ1n) is 7.76. The topological polar surface area (TPSA) is 104 Å². The van der Waals surface area contributed by atoms with E-state index >= 15 is 0 Å². The summed E-state index contributed by atoms with van der Waals surface area (Å²) >= 11 is 0. The number of esters is 1. The van der Waals surface area contributed by atoms with Crippen LogP contribution in [-0.2, 0) is 28.5 Å². The minimum Gasteiger partial charge on any atom is -0.464 e. The van der Waals surface area contributed by atoms with E-state index in [-0.39, 0.29) is 13.2 Å². The zero-order chi connectivity index (χ0) is 17.4. The molecule has 0 aromatic rings. The van der Waals surface area contributed by atoms with Gasteiger partial charge in [-0.15, -0.1) is 0 Å². The molecule has 2 aliphatic heterocycles. The molecular formula is C15H26O8. The first-order valence-corrected chi connectivity index (χ1v) is 7.76. The van der Waals surface area contributed by atoms with Gasteiger partial charge in [0.25, 0.3) is 0 Å². The van der Waals surface area contributed by atoms with E-state index in [0.29, 0.717) is 0 Å². The normalized spacial score (nSPS) is 35.0. The Morgan fingerprint density at radius 2 is 1.83 bits per heavy atom. The Morgan fingerprint density at radius 3 is 2.35 bits per heavy atom. The Balaban J connectivity index is 2.12. The summed E-state index contributed by atoms with van der Waals surface area (Å²) in [5.41, 5.74) is 0. The number of ether oxygens (including phenoxy) is 5. The van der Waals surface area contributed by atoms with Gasteiger partial charge in [0.2, 0.25) is 0 Å². The summed E-state index contributed by atoms with van der Waals surface area (Å²) in [4.78, 5) is 11.6. The molecule has 0 amide bonds. The maximum Gasteiger partial charge on any atom is 0.337 e. The maximum atomic E-state index is 11.6. The van der Waals surface area contributed by atoms with Crippen LogP contribution in [0.2, 0.25) is 0 Å². The molecule has 8 heteroatoms. The molecular weight excluding hydrogens is 308 g/mol. The molecule has 8 nitrogen and oxygen atoms in total. The molecule has 0 spiro atoms. The fourth-order valence-electron chi connectivity index (χ4n) is 2.79. The summed E-state index contributed by atoms with van der Waals surface area (Å²) in [6.45, 7) is 8.89. The average molecular weight is 334 g/mol. The van der Waals surface area contributed by atoms with Crippen molar-refractivity contribution in [2.24, 2.45) is 0 Å². The van der Waals surface area contributed by atoms with E-state index in [1.165, 1.54) is 0 Å². The lowest BCUT2D eigenvalue weighted by Gasteiger charge is -2.28. The molecule has 0 bridgehead atoms. The molecule has 5 atom stereocenters. The minimum absolute atomic E-state index is 0.104. The first-order chi connectivity index (χ1) is 10.6. The summed E-state index contributed by atoms with van der Waals surface area (Å²) in [7, 11) is 0. The molecule has 0 unspecified atom stereocenters. The van der Waals surface area contributed by atoms with Gasteiger partial charge in [-0.05, 0) is 34.6 Å². The second kappa shape index (κ2) is 6.62. The highest BCUT2D eigenvalue weighted by Gasteiger charge is 2.53. The van der Waals surface area contributed by atoms with E-state index in [2.05, 4.69) is 0 Å². The smallest absolute Gasteiger partial charge is 0.337 e. The van der Waals surface area contributed by atoms with Crippen molar-refractivity contribution < 1.29 is 38.7 Å². The van der Waals surface area contributed by atoms with Crippen molar-refractivity contribution in [3.63, 3.8) is 0 Å². The lowest BCUT2D eigenvalue weighted by molar-refractivity contribution is -0.179.